The lowest BCUT2D eigenvalue weighted by molar-refractivity contribution is -0.870. The van der Waals surface area contributed by atoms with Gasteiger partial charge in [-0.15, -0.1) is 0 Å². The summed E-state index contributed by atoms with van der Waals surface area (Å²) < 4.78 is 34.4. The summed E-state index contributed by atoms with van der Waals surface area (Å²) in [6.45, 7) is 4.44. The molecule has 0 heterocycles. The minimum Gasteiger partial charge on any atom is -0.462 e. The Morgan fingerprint density at radius 2 is 0.864 bits per heavy atom. The number of phosphoric acid groups is 1. The van der Waals surface area contributed by atoms with Crippen molar-refractivity contribution in [3.63, 3.8) is 0 Å². The second-order valence-corrected chi connectivity index (χ2v) is 19.7. The molecule has 0 fully saturated rings. The second-order valence-electron chi connectivity index (χ2n) is 18.2. The van der Waals surface area contributed by atoms with E-state index in [1.54, 1.807) is 0 Å². The van der Waals surface area contributed by atoms with Crippen molar-refractivity contribution in [3.8, 4) is 0 Å². The van der Waals surface area contributed by atoms with Crippen molar-refractivity contribution >= 4 is 19.8 Å². The number of carbonyl (C=O) groups is 2. The van der Waals surface area contributed by atoms with Gasteiger partial charge in [-0.3, -0.25) is 18.6 Å². The van der Waals surface area contributed by atoms with Crippen LogP contribution in [0.25, 0.3) is 0 Å². The van der Waals surface area contributed by atoms with E-state index in [1.165, 1.54) is 154 Å². The molecule has 0 radical (unpaired) electrons. The minimum absolute atomic E-state index is 0.0333. The first-order valence-electron chi connectivity index (χ1n) is 24.9. The second kappa shape index (κ2) is 42.1. The van der Waals surface area contributed by atoms with Gasteiger partial charge in [-0.1, -0.05) is 199 Å². The van der Waals surface area contributed by atoms with Crippen LogP contribution in [0.1, 0.15) is 239 Å². The fraction of sp³-hybridized carbons (Fsp3) is 0.918. The molecule has 0 aliphatic rings. The van der Waals surface area contributed by atoms with Gasteiger partial charge >= 0.3 is 19.8 Å². The van der Waals surface area contributed by atoms with Gasteiger partial charge in [0, 0.05) is 12.8 Å². The molecule has 2 atom stereocenters. The Labute approximate surface area is 365 Å². The van der Waals surface area contributed by atoms with Crippen LogP contribution >= 0.6 is 7.82 Å². The number of carbonyl (C=O) groups excluding carboxylic acids is 2. The first kappa shape index (κ1) is 57.8. The Balaban J connectivity index is 4.17. The van der Waals surface area contributed by atoms with E-state index < -0.39 is 26.5 Å². The summed E-state index contributed by atoms with van der Waals surface area (Å²) in [7, 11) is 1.48. The monoisotopic (exact) mass is 859 g/mol. The van der Waals surface area contributed by atoms with Crippen molar-refractivity contribution in [1.82, 2.24) is 0 Å². The minimum atomic E-state index is -4.37. The molecule has 1 N–H and O–H groups in total. The SMILES string of the molecule is CCCCCC/C=C/CCCCCCCC(=O)O[C@H](COC(=O)CCCCCCCCCCCCCCCCCCCCCCCC)COP(=O)(O)OCC[N+](C)(C)C. The molecule has 0 aromatic carbocycles. The summed E-state index contributed by atoms with van der Waals surface area (Å²) in [5, 5.41) is 0. The van der Waals surface area contributed by atoms with Gasteiger partial charge < -0.3 is 18.9 Å². The van der Waals surface area contributed by atoms with Gasteiger partial charge in [-0.25, -0.2) is 4.57 Å². The van der Waals surface area contributed by atoms with Gasteiger partial charge in [0.25, 0.3) is 0 Å². The van der Waals surface area contributed by atoms with Gasteiger partial charge in [-0.05, 0) is 38.5 Å². The van der Waals surface area contributed by atoms with Crippen LogP contribution in [0.3, 0.4) is 0 Å². The number of rotatable bonds is 46. The highest BCUT2D eigenvalue weighted by atomic mass is 31.2. The number of unbranched alkanes of at least 4 members (excludes halogenated alkanes) is 30. The Bertz CT molecular complexity index is 1020. The summed E-state index contributed by atoms with van der Waals surface area (Å²) in [4.78, 5) is 35.4. The third-order valence-corrected chi connectivity index (χ3v) is 12.0. The molecule has 0 rings (SSSR count). The summed E-state index contributed by atoms with van der Waals surface area (Å²) in [6.07, 6.45) is 45.5. The molecule has 0 aromatic heterocycles. The van der Waals surface area contributed by atoms with Crippen LogP contribution in [-0.4, -0.2) is 74.9 Å². The maximum atomic E-state index is 12.7. The van der Waals surface area contributed by atoms with E-state index in [4.69, 9.17) is 18.5 Å². The first-order valence-corrected chi connectivity index (χ1v) is 26.4. The summed E-state index contributed by atoms with van der Waals surface area (Å²) in [5.41, 5.74) is 0. The van der Waals surface area contributed by atoms with Crippen LogP contribution in [0.2, 0.25) is 0 Å². The van der Waals surface area contributed by atoms with E-state index in [9.17, 15) is 19.0 Å². The lowest BCUT2D eigenvalue weighted by atomic mass is 10.0. The van der Waals surface area contributed by atoms with E-state index in [2.05, 4.69) is 26.0 Å². The molecule has 0 aliphatic carbocycles. The molecule has 59 heavy (non-hydrogen) atoms. The van der Waals surface area contributed by atoms with Gasteiger partial charge in [0.1, 0.15) is 19.8 Å². The third-order valence-electron chi connectivity index (χ3n) is 11.0. The van der Waals surface area contributed by atoms with E-state index in [1.807, 2.05) is 21.1 Å². The number of ether oxygens (including phenoxy) is 2. The van der Waals surface area contributed by atoms with Crippen molar-refractivity contribution in [2.24, 2.45) is 0 Å². The number of allylic oxidation sites excluding steroid dienone is 2. The molecule has 9 nitrogen and oxygen atoms in total. The molecule has 1 unspecified atom stereocenters. The Morgan fingerprint density at radius 1 is 0.508 bits per heavy atom. The predicted molar refractivity (Wildman–Crippen MR) is 248 cm³/mol. The van der Waals surface area contributed by atoms with E-state index in [-0.39, 0.29) is 25.6 Å². The number of esters is 2. The lowest BCUT2D eigenvalue weighted by Crippen LogP contribution is -2.37. The average Bonchev–Trinajstić information content (AvgIpc) is 3.19. The molecule has 0 saturated carbocycles. The Hall–Kier alpha value is -1.25. The summed E-state index contributed by atoms with van der Waals surface area (Å²) in [6, 6.07) is 0. The van der Waals surface area contributed by atoms with Crippen LogP contribution in [-0.2, 0) is 32.7 Å². The molecule has 0 saturated heterocycles. The third kappa shape index (κ3) is 46.1. The number of phosphoric ester groups is 1. The number of quaternary nitrogens is 1. The zero-order valence-electron chi connectivity index (χ0n) is 39.5. The largest absolute Gasteiger partial charge is 0.472 e. The normalized spacial score (nSPS) is 13.5. The summed E-state index contributed by atoms with van der Waals surface area (Å²) >= 11 is 0. The number of nitrogens with zero attached hydrogens (tertiary/aromatic N) is 1. The van der Waals surface area contributed by atoms with E-state index in [0.717, 1.165) is 51.4 Å². The van der Waals surface area contributed by atoms with Crippen molar-refractivity contribution in [3.05, 3.63) is 12.2 Å². The Morgan fingerprint density at radius 3 is 1.27 bits per heavy atom. The van der Waals surface area contributed by atoms with Gasteiger partial charge in [0.2, 0.25) is 0 Å². The average molecular weight is 859 g/mol. The zero-order valence-corrected chi connectivity index (χ0v) is 40.4. The fourth-order valence-electron chi connectivity index (χ4n) is 7.13. The zero-order chi connectivity index (χ0) is 43.6. The highest BCUT2D eigenvalue weighted by Gasteiger charge is 2.27. The number of hydrogen-bond acceptors (Lipinski definition) is 7. The first-order chi connectivity index (χ1) is 28.5. The molecular weight excluding hydrogens is 762 g/mol. The molecule has 0 aromatic rings. The molecule has 0 aliphatic heterocycles. The number of hydrogen-bond donors (Lipinski definition) is 1. The van der Waals surface area contributed by atoms with Gasteiger partial charge in [0.15, 0.2) is 6.10 Å². The summed E-state index contributed by atoms with van der Waals surface area (Å²) in [5.74, 6) is -0.795. The number of likely N-dealkylation sites (N-methyl/N-ethyl adjacent to an activating group) is 1. The van der Waals surface area contributed by atoms with Gasteiger partial charge in [0.05, 0.1) is 27.7 Å². The molecular formula is C49H97NO8P+. The lowest BCUT2D eigenvalue weighted by Gasteiger charge is -2.24. The van der Waals surface area contributed by atoms with Crippen LogP contribution in [0.5, 0.6) is 0 Å². The van der Waals surface area contributed by atoms with E-state index in [0.29, 0.717) is 23.9 Å². The smallest absolute Gasteiger partial charge is 0.462 e. The molecule has 0 spiro atoms. The molecule has 0 amide bonds. The van der Waals surface area contributed by atoms with Crippen LogP contribution < -0.4 is 0 Å². The highest BCUT2D eigenvalue weighted by Crippen LogP contribution is 2.43. The maximum absolute atomic E-state index is 12.7. The van der Waals surface area contributed by atoms with Crippen molar-refractivity contribution in [1.29, 1.82) is 0 Å². The van der Waals surface area contributed by atoms with Crippen LogP contribution in [0.15, 0.2) is 12.2 Å². The molecule has 10 heteroatoms. The van der Waals surface area contributed by atoms with Crippen molar-refractivity contribution in [2.45, 2.75) is 245 Å². The van der Waals surface area contributed by atoms with Crippen molar-refractivity contribution in [2.75, 3.05) is 47.5 Å². The van der Waals surface area contributed by atoms with E-state index >= 15 is 0 Å². The fourth-order valence-corrected chi connectivity index (χ4v) is 7.87. The maximum Gasteiger partial charge on any atom is 0.472 e. The highest BCUT2D eigenvalue weighted by molar-refractivity contribution is 7.47. The van der Waals surface area contributed by atoms with Crippen LogP contribution in [0.4, 0.5) is 0 Å². The topological polar surface area (TPSA) is 108 Å². The van der Waals surface area contributed by atoms with Crippen LogP contribution in [0, 0.1) is 0 Å². The standard InChI is InChI=1S/C49H96NO8P/c1-6-8-10-12-14-16-18-20-21-22-23-24-25-26-27-28-30-31-33-35-37-39-41-48(51)55-45-47(46-57-59(53,54)56-44-43-50(3,4)5)58-49(52)42-40-38-36-34-32-29-19-17-15-13-11-9-7-2/h17,19,47H,6-16,18,20-46H2,1-5H3/p+1/b19-17+/t47-/m1/s1. The molecule has 350 valence electrons. The Kier molecular flexibility index (Phi) is 41.2. The molecule has 0 bridgehead atoms. The quantitative estimate of drug-likeness (QED) is 0.0212. The van der Waals surface area contributed by atoms with Crippen molar-refractivity contribution < 1.29 is 42.1 Å². The van der Waals surface area contributed by atoms with Gasteiger partial charge in [-0.2, -0.15) is 0 Å². The predicted octanol–water partition coefficient (Wildman–Crippen LogP) is 14.5.